The highest BCUT2D eigenvalue weighted by Crippen LogP contribution is 2.36. The molecule has 0 heterocycles. The molecule has 0 saturated carbocycles. The van der Waals surface area contributed by atoms with Gasteiger partial charge in [0, 0.05) is 35.4 Å². The average molecular weight is 528 g/mol. The van der Waals surface area contributed by atoms with E-state index >= 15 is 0 Å². The summed E-state index contributed by atoms with van der Waals surface area (Å²) < 4.78 is 58.1. The number of nitro groups is 2. The number of allylic oxidation sites excluding steroid dienone is 1. The number of rotatable bonds is 12. The smallest absolute Gasteiger partial charge is 0.357 e. The predicted molar refractivity (Wildman–Crippen MR) is 125 cm³/mol. The van der Waals surface area contributed by atoms with Gasteiger partial charge in [-0.15, -0.1) is 0 Å². The topological polar surface area (TPSA) is 197 Å². The van der Waals surface area contributed by atoms with Crippen molar-refractivity contribution in [2.75, 3.05) is 17.2 Å². The summed E-state index contributed by atoms with van der Waals surface area (Å²) in [5.74, 6) is -2.11. The molecule has 198 valence electrons. The Morgan fingerprint density at radius 2 is 1.57 bits per heavy atom. The van der Waals surface area contributed by atoms with E-state index in [0.29, 0.717) is 12.1 Å². The lowest BCUT2D eigenvalue weighted by Gasteiger charge is -2.25. The maximum atomic E-state index is 14.6. The lowest BCUT2D eigenvalue weighted by Crippen LogP contribution is -2.46. The van der Waals surface area contributed by atoms with E-state index in [0.717, 1.165) is 18.2 Å². The van der Waals surface area contributed by atoms with Gasteiger partial charge in [0.1, 0.15) is 11.4 Å². The van der Waals surface area contributed by atoms with Crippen molar-refractivity contribution in [1.29, 1.82) is 0 Å². The number of nitrogens with two attached hydrogens (primary N) is 2. The summed E-state index contributed by atoms with van der Waals surface area (Å²) in [5, 5.41) is 26.1. The van der Waals surface area contributed by atoms with Crippen LogP contribution in [0.4, 0.5) is 40.3 Å². The first-order valence-corrected chi connectivity index (χ1v) is 10.1. The van der Waals surface area contributed by atoms with Crippen molar-refractivity contribution in [3.05, 3.63) is 73.8 Å². The molecule has 6 N–H and O–H groups in total. The van der Waals surface area contributed by atoms with E-state index in [-0.39, 0.29) is 22.3 Å². The van der Waals surface area contributed by atoms with Crippen LogP contribution in [0.15, 0.2) is 36.9 Å². The highest BCUT2D eigenvalue weighted by atomic mass is 19.3. The first-order chi connectivity index (χ1) is 17.1. The molecule has 12 nitrogen and oxygen atoms in total. The number of nitrogens with one attached hydrogen (secondary N) is 2. The van der Waals surface area contributed by atoms with Gasteiger partial charge in [-0.25, -0.2) is 8.78 Å². The lowest BCUT2D eigenvalue weighted by molar-refractivity contribution is -0.384. The Morgan fingerprint density at radius 1 is 1.03 bits per heavy atom. The number of carbonyl (C=O) groups excluding carboxylic acids is 2. The molecular formula is C21H20F4N6O6. The molecule has 2 unspecified atom stereocenters. The van der Waals surface area contributed by atoms with E-state index in [1.807, 2.05) is 0 Å². The predicted octanol–water partition coefficient (Wildman–Crippen LogP) is 3.53. The summed E-state index contributed by atoms with van der Waals surface area (Å²) in [6, 6.07) is -0.723. The molecule has 0 aliphatic carbocycles. The Balaban J connectivity index is 2.32. The Morgan fingerprint density at radius 3 is 2.05 bits per heavy atom. The Hall–Kier alpha value is -4.76. The van der Waals surface area contributed by atoms with Gasteiger partial charge in [-0.3, -0.25) is 29.8 Å². The van der Waals surface area contributed by atoms with E-state index < -0.39 is 69.3 Å². The summed E-state index contributed by atoms with van der Waals surface area (Å²) in [7, 11) is 0. The molecule has 0 fully saturated rings. The summed E-state index contributed by atoms with van der Waals surface area (Å²) in [5.41, 5.74) is 6.39. The number of alkyl halides is 4. The summed E-state index contributed by atoms with van der Waals surface area (Å²) >= 11 is 0. The van der Waals surface area contributed by atoms with Crippen molar-refractivity contribution in [3.8, 4) is 0 Å². The second-order valence-corrected chi connectivity index (χ2v) is 7.72. The van der Waals surface area contributed by atoms with Crippen molar-refractivity contribution in [1.82, 2.24) is 0 Å². The summed E-state index contributed by atoms with van der Waals surface area (Å²) in [6.45, 7) is 3.75. The third-order valence-corrected chi connectivity index (χ3v) is 4.98. The zero-order chi connectivity index (χ0) is 28.2. The van der Waals surface area contributed by atoms with Gasteiger partial charge in [0.05, 0.1) is 9.85 Å². The zero-order valence-electron chi connectivity index (χ0n) is 19.0. The number of hydrogen-bond acceptors (Lipinski definition) is 8. The Bertz CT molecular complexity index is 1250. The van der Waals surface area contributed by atoms with Crippen LogP contribution in [0.1, 0.15) is 33.2 Å². The van der Waals surface area contributed by atoms with Crippen LogP contribution >= 0.6 is 0 Å². The van der Waals surface area contributed by atoms with Crippen LogP contribution in [0.5, 0.6) is 0 Å². The fourth-order valence-electron chi connectivity index (χ4n) is 3.16. The highest BCUT2D eigenvalue weighted by molar-refractivity contribution is 5.97. The number of nitro benzene ring substituents is 2. The van der Waals surface area contributed by atoms with Crippen LogP contribution in [-0.4, -0.2) is 46.6 Å². The Kier molecular flexibility index (Phi) is 8.37. The fourth-order valence-corrected chi connectivity index (χ4v) is 3.16. The maximum absolute atomic E-state index is 14.6. The van der Waals surface area contributed by atoms with Crippen LogP contribution < -0.4 is 22.1 Å². The number of nitrogens with zero attached hydrogens (tertiary/aromatic N) is 2. The number of halogens is 4. The molecule has 2 aromatic carbocycles. The molecule has 0 saturated heterocycles. The van der Waals surface area contributed by atoms with E-state index in [9.17, 15) is 47.4 Å². The minimum absolute atomic E-state index is 0.0688. The van der Waals surface area contributed by atoms with Gasteiger partial charge in [-0.05, 0) is 30.7 Å². The molecule has 0 bridgehead atoms. The van der Waals surface area contributed by atoms with Gasteiger partial charge in [-0.2, -0.15) is 8.78 Å². The molecule has 37 heavy (non-hydrogen) atoms. The summed E-state index contributed by atoms with van der Waals surface area (Å²) in [4.78, 5) is 43.2. The van der Waals surface area contributed by atoms with Gasteiger partial charge in [-0.1, -0.05) is 6.58 Å². The van der Waals surface area contributed by atoms with Crippen LogP contribution in [0.2, 0.25) is 0 Å². The molecule has 2 rings (SSSR count). The normalized spacial score (nSPS) is 12.8. The van der Waals surface area contributed by atoms with Crippen molar-refractivity contribution < 1.29 is 37.0 Å². The van der Waals surface area contributed by atoms with Crippen molar-refractivity contribution in [2.24, 2.45) is 11.5 Å². The van der Waals surface area contributed by atoms with Crippen molar-refractivity contribution in [3.63, 3.8) is 0 Å². The molecule has 16 heteroatoms. The molecule has 2 amide bonds. The number of hydrogen-bond donors (Lipinski definition) is 4. The molecule has 0 aliphatic heterocycles. The standard InChI is InChI=1S/C21H20F4N6O6/c1-9(2)12-5-11(20(27)33)7-16(31(36)37)17(12)28-8-13(22)18(23)21(24,25)29-14-4-3-10(19(26)32)6-15(14)30(34)35/h3-7,13,18,28-29H,1,8H2,2H3,(H2,26,32)(H2,27,33). The molecule has 2 aromatic rings. The second-order valence-electron chi connectivity index (χ2n) is 7.72. The Labute approximate surface area is 205 Å². The number of amides is 2. The molecule has 0 spiro atoms. The third kappa shape index (κ3) is 6.47. The number of carbonyl (C=O) groups is 2. The fraction of sp³-hybridized carbons (Fsp3) is 0.238. The average Bonchev–Trinajstić information content (AvgIpc) is 2.80. The number of anilines is 2. The van der Waals surface area contributed by atoms with Crippen LogP contribution in [0.25, 0.3) is 5.57 Å². The van der Waals surface area contributed by atoms with Gasteiger partial charge in [0.25, 0.3) is 11.4 Å². The molecule has 0 aromatic heterocycles. The molecule has 2 atom stereocenters. The van der Waals surface area contributed by atoms with Gasteiger partial charge >= 0.3 is 6.05 Å². The van der Waals surface area contributed by atoms with Gasteiger partial charge in [0.15, 0.2) is 6.17 Å². The van der Waals surface area contributed by atoms with Crippen LogP contribution in [0.3, 0.4) is 0 Å². The zero-order valence-corrected chi connectivity index (χ0v) is 19.0. The second kappa shape index (κ2) is 10.9. The van der Waals surface area contributed by atoms with Crippen LogP contribution in [-0.2, 0) is 0 Å². The van der Waals surface area contributed by atoms with E-state index in [1.165, 1.54) is 12.2 Å². The highest BCUT2D eigenvalue weighted by Gasteiger charge is 2.47. The third-order valence-electron chi connectivity index (χ3n) is 4.98. The first kappa shape index (κ1) is 28.5. The molecular weight excluding hydrogens is 508 g/mol. The monoisotopic (exact) mass is 528 g/mol. The van der Waals surface area contributed by atoms with Crippen LogP contribution in [0, 0.1) is 20.2 Å². The maximum Gasteiger partial charge on any atom is 0.357 e. The SMILES string of the molecule is C=C(C)c1cc(C(N)=O)cc([N+](=O)[O-])c1NCC(F)C(F)C(F)(F)Nc1ccc(C(N)=O)cc1[N+](=O)[O-]. The first-order valence-electron chi connectivity index (χ1n) is 10.1. The van der Waals surface area contributed by atoms with Gasteiger partial charge < -0.3 is 22.1 Å². The van der Waals surface area contributed by atoms with E-state index in [1.54, 1.807) is 0 Å². The number of primary amides is 2. The molecule has 0 aliphatic rings. The minimum atomic E-state index is -4.71. The van der Waals surface area contributed by atoms with Crippen molar-refractivity contribution in [2.45, 2.75) is 25.3 Å². The summed E-state index contributed by atoms with van der Waals surface area (Å²) in [6.07, 6.45) is -6.60. The number of benzene rings is 2. The van der Waals surface area contributed by atoms with Gasteiger partial charge in [0.2, 0.25) is 18.0 Å². The minimum Gasteiger partial charge on any atom is -0.376 e. The van der Waals surface area contributed by atoms with E-state index in [4.69, 9.17) is 11.5 Å². The molecule has 0 radical (unpaired) electrons. The van der Waals surface area contributed by atoms with Crippen molar-refractivity contribution >= 4 is 40.1 Å². The quantitative estimate of drug-likeness (QED) is 0.139. The largest absolute Gasteiger partial charge is 0.376 e. The van der Waals surface area contributed by atoms with E-state index in [2.05, 4.69) is 11.9 Å². The lowest BCUT2D eigenvalue weighted by atomic mass is 10.0.